The van der Waals surface area contributed by atoms with Crippen LogP contribution in [-0.2, 0) is 0 Å². The first-order chi connectivity index (χ1) is 10.2. The third-order valence-electron chi connectivity index (χ3n) is 4.77. The van der Waals surface area contributed by atoms with Gasteiger partial charge in [-0.3, -0.25) is 0 Å². The molecule has 2 fully saturated rings. The molecule has 2 atom stereocenters. The molecule has 1 saturated carbocycles. The van der Waals surface area contributed by atoms with Gasteiger partial charge in [-0.25, -0.2) is 0 Å². The van der Waals surface area contributed by atoms with Gasteiger partial charge in [0.15, 0.2) is 0 Å². The van der Waals surface area contributed by atoms with Gasteiger partial charge in [-0.15, -0.1) is 0 Å². The van der Waals surface area contributed by atoms with Gasteiger partial charge in [0.1, 0.15) is 11.9 Å². The van der Waals surface area contributed by atoms with Crippen molar-refractivity contribution in [2.75, 3.05) is 19.6 Å². The van der Waals surface area contributed by atoms with E-state index in [1.165, 1.54) is 45.3 Å². The van der Waals surface area contributed by atoms with E-state index in [1.807, 2.05) is 12.1 Å². The third kappa shape index (κ3) is 4.56. The molecule has 21 heavy (non-hydrogen) atoms. The quantitative estimate of drug-likeness (QED) is 0.811. The number of furan rings is 1. The van der Waals surface area contributed by atoms with Crippen LogP contribution in [0.3, 0.4) is 0 Å². The minimum Gasteiger partial charge on any atom is -0.467 e. The van der Waals surface area contributed by atoms with Gasteiger partial charge in [-0.05, 0) is 70.2 Å². The third-order valence-corrected chi connectivity index (χ3v) is 4.77. The van der Waals surface area contributed by atoms with E-state index in [-0.39, 0.29) is 0 Å². The molecule has 0 amide bonds. The Balaban J connectivity index is 1.36. The Hall–Kier alpha value is -0.840. The zero-order chi connectivity index (χ0) is 14.7. The Bertz CT molecular complexity index is 408. The lowest BCUT2D eigenvalue weighted by atomic mass is 10.0. The first-order valence-corrected chi connectivity index (χ1v) is 8.40. The smallest absolute Gasteiger partial charge is 0.132 e. The summed E-state index contributed by atoms with van der Waals surface area (Å²) in [5.41, 5.74) is 0. The fraction of sp³-hybridized carbons (Fsp3) is 0.765. The maximum absolute atomic E-state index is 10.1. The van der Waals surface area contributed by atoms with Crippen molar-refractivity contribution in [2.24, 2.45) is 5.92 Å². The molecule has 0 radical (unpaired) electrons. The van der Waals surface area contributed by atoms with Crippen molar-refractivity contribution >= 4 is 0 Å². The van der Waals surface area contributed by atoms with Crippen LogP contribution in [0, 0.1) is 5.92 Å². The highest BCUT2D eigenvalue weighted by molar-refractivity contribution is 5.02. The van der Waals surface area contributed by atoms with Crippen LogP contribution in [0.25, 0.3) is 0 Å². The van der Waals surface area contributed by atoms with E-state index in [9.17, 15) is 5.11 Å². The predicted octanol–water partition coefficient (Wildman–Crippen LogP) is 2.56. The molecule has 0 bridgehead atoms. The molecule has 1 aliphatic heterocycles. The lowest BCUT2D eigenvalue weighted by Crippen LogP contribution is -2.46. The Labute approximate surface area is 127 Å². The number of hydrogen-bond donors (Lipinski definition) is 2. The van der Waals surface area contributed by atoms with Crippen molar-refractivity contribution in [3.05, 3.63) is 24.2 Å². The van der Waals surface area contributed by atoms with Crippen molar-refractivity contribution < 1.29 is 9.52 Å². The summed E-state index contributed by atoms with van der Waals surface area (Å²) < 4.78 is 5.26. The molecule has 118 valence electrons. The molecule has 2 heterocycles. The molecule has 2 unspecified atom stereocenters. The standard InChI is InChI=1S/C17H28N2O2/c1-13(11-16(20)17-3-2-10-21-17)18-15-6-8-19(9-7-15)12-14-4-5-14/h2-3,10,13-16,18,20H,4-9,11-12H2,1H3. The van der Waals surface area contributed by atoms with Crippen LogP contribution in [0.5, 0.6) is 0 Å². The zero-order valence-corrected chi connectivity index (χ0v) is 13.0. The van der Waals surface area contributed by atoms with Crippen LogP contribution in [0.2, 0.25) is 0 Å². The van der Waals surface area contributed by atoms with E-state index < -0.39 is 6.10 Å². The molecule has 4 nitrogen and oxygen atoms in total. The van der Waals surface area contributed by atoms with Crippen LogP contribution in [-0.4, -0.2) is 41.7 Å². The van der Waals surface area contributed by atoms with Gasteiger partial charge in [0.2, 0.25) is 0 Å². The van der Waals surface area contributed by atoms with Gasteiger partial charge >= 0.3 is 0 Å². The van der Waals surface area contributed by atoms with Gasteiger partial charge in [0.25, 0.3) is 0 Å². The van der Waals surface area contributed by atoms with Crippen molar-refractivity contribution in [1.29, 1.82) is 0 Å². The van der Waals surface area contributed by atoms with Gasteiger partial charge in [-0.1, -0.05) is 0 Å². The monoisotopic (exact) mass is 292 g/mol. The highest BCUT2D eigenvalue weighted by Gasteiger charge is 2.27. The van der Waals surface area contributed by atoms with Crippen molar-refractivity contribution in [3.63, 3.8) is 0 Å². The van der Waals surface area contributed by atoms with Gasteiger partial charge < -0.3 is 19.7 Å². The zero-order valence-electron chi connectivity index (χ0n) is 13.0. The van der Waals surface area contributed by atoms with E-state index in [2.05, 4.69) is 17.1 Å². The highest BCUT2D eigenvalue weighted by atomic mass is 16.4. The molecule has 1 saturated heterocycles. The van der Waals surface area contributed by atoms with Crippen LogP contribution in [0.4, 0.5) is 0 Å². The average molecular weight is 292 g/mol. The van der Waals surface area contributed by atoms with Crippen molar-refractivity contribution in [3.8, 4) is 0 Å². The molecular weight excluding hydrogens is 264 g/mol. The van der Waals surface area contributed by atoms with Crippen LogP contribution >= 0.6 is 0 Å². The molecular formula is C17H28N2O2. The van der Waals surface area contributed by atoms with E-state index in [4.69, 9.17) is 4.42 Å². The molecule has 0 aromatic carbocycles. The average Bonchev–Trinajstić information content (AvgIpc) is 3.10. The number of aliphatic hydroxyl groups excluding tert-OH is 1. The van der Waals surface area contributed by atoms with Gasteiger partial charge in [-0.2, -0.15) is 0 Å². The molecule has 2 N–H and O–H groups in total. The number of piperidine rings is 1. The fourth-order valence-electron chi connectivity index (χ4n) is 3.35. The first kappa shape index (κ1) is 15.1. The lowest BCUT2D eigenvalue weighted by Gasteiger charge is -2.34. The van der Waals surface area contributed by atoms with Crippen LogP contribution in [0.15, 0.2) is 22.8 Å². The Kier molecular flexibility index (Phi) is 4.99. The summed E-state index contributed by atoms with van der Waals surface area (Å²) in [4.78, 5) is 2.62. The summed E-state index contributed by atoms with van der Waals surface area (Å²) in [6, 6.07) is 4.57. The second kappa shape index (κ2) is 6.95. The summed E-state index contributed by atoms with van der Waals surface area (Å²) in [6.07, 6.45) is 7.17. The molecule has 0 spiro atoms. The topological polar surface area (TPSA) is 48.6 Å². The highest BCUT2D eigenvalue weighted by Crippen LogP contribution is 2.30. The summed E-state index contributed by atoms with van der Waals surface area (Å²) >= 11 is 0. The summed E-state index contributed by atoms with van der Waals surface area (Å²) in [5, 5.41) is 13.8. The Morgan fingerprint density at radius 2 is 2.10 bits per heavy atom. The molecule has 1 aliphatic carbocycles. The van der Waals surface area contributed by atoms with E-state index >= 15 is 0 Å². The number of rotatable bonds is 7. The Morgan fingerprint density at radius 3 is 2.71 bits per heavy atom. The fourth-order valence-corrected chi connectivity index (χ4v) is 3.35. The number of likely N-dealkylation sites (tertiary alicyclic amines) is 1. The van der Waals surface area contributed by atoms with Crippen molar-refractivity contribution in [2.45, 2.75) is 57.2 Å². The largest absolute Gasteiger partial charge is 0.467 e. The van der Waals surface area contributed by atoms with E-state index in [0.717, 1.165) is 5.92 Å². The number of nitrogens with one attached hydrogen (secondary N) is 1. The summed E-state index contributed by atoms with van der Waals surface area (Å²) in [5.74, 6) is 1.67. The first-order valence-electron chi connectivity index (χ1n) is 8.40. The van der Waals surface area contributed by atoms with Crippen LogP contribution in [0.1, 0.15) is 50.9 Å². The SMILES string of the molecule is CC(CC(O)c1ccco1)NC1CCN(CC2CC2)CC1. The normalized spacial score (nSPS) is 24.1. The predicted molar refractivity (Wildman–Crippen MR) is 83.1 cm³/mol. The minimum absolute atomic E-state index is 0.310. The Morgan fingerprint density at radius 1 is 1.33 bits per heavy atom. The second-order valence-corrected chi connectivity index (χ2v) is 6.85. The maximum atomic E-state index is 10.1. The molecule has 1 aromatic rings. The lowest BCUT2D eigenvalue weighted by molar-refractivity contribution is 0.121. The summed E-state index contributed by atoms with van der Waals surface area (Å²) in [6.45, 7) is 5.92. The maximum Gasteiger partial charge on any atom is 0.132 e. The number of nitrogens with zero attached hydrogens (tertiary/aromatic N) is 1. The molecule has 1 aromatic heterocycles. The van der Waals surface area contributed by atoms with E-state index in [0.29, 0.717) is 24.3 Å². The van der Waals surface area contributed by atoms with Crippen LogP contribution < -0.4 is 5.32 Å². The molecule has 4 heteroatoms. The number of aliphatic hydroxyl groups is 1. The van der Waals surface area contributed by atoms with E-state index in [1.54, 1.807) is 6.26 Å². The van der Waals surface area contributed by atoms with Crippen molar-refractivity contribution in [1.82, 2.24) is 10.2 Å². The second-order valence-electron chi connectivity index (χ2n) is 6.85. The molecule has 3 rings (SSSR count). The molecule has 2 aliphatic rings. The van der Waals surface area contributed by atoms with Gasteiger partial charge in [0, 0.05) is 18.6 Å². The van der Waals surface area contributed by atoms with Gasteiger partial charge in [0.05, 0.1) is 6.26 Å². The number of hydrogen-bond acceptors (Lipinski definition) is 4. The minimum atomic E-state index is -0.502. The summed E-state index contributed by atoms with van der Waals surface area (Å²) in [7, 11) is 0.